The Morgan fingerprint density at radius 3 is 0.471 bits per heavy atom. The second-order valence-electron chi connectivity index (χ2n) is 17.8. The standard InChI is InChI=1S/C56H48O12/c1-25-5-13-29(14-6-25)41-33-21-35(47(59)53(65)45(33)57)42(30-15-7-26(2)8-16-30)37-23-39(51(63)55(67)49(37)61)44(32-19-11-28(4)12-20-32)40-24-38(50(62)56(68)52(40)64)43(31-17-9-27(3)10-18-31)36-22-34(41)46(58)54(66)48(36)60/h5-24,41-44,57-68H,1-4H3. The van der Waals surface area contributed by atoms with Crippen molar-refractivity contribution < 1.29 is 61.3 Å². The van der Waals surface area contributed by atoms with Crippen LogP contribution in [-0.4, -0.2) is 61.3 Å². The first-order chi connectivity index (χ1) is 32.4. The Labute approximate surface area is 390 Å². The number of hydrogen-bond donors (Lipinski definition) is 12. The van der Waals surface area contributed by atoms with Gasteiger partial charge in [0.2, 0.25) is 23.0 Å². The second kappa shape index (κ2) is 16.7. The quantitative estimate of drug-likeness (QED) is 0.0738. The van der Waals surface area contributed by atoms with E-state index in [2.05, 4.69) is 0 Å². The van der Waals surface area contributed by atoms with Gasteiger partial charge < -0.3 is 61.3 Å². The van der Waals surface area contributed by atoms with Crippen molar-refractivity contribution in [2.75, 3.05) is 0 Å². The van der Waals surface area contributed by atoms with Gasteiger partial charge in [-0.3, -0.25) is 0 Å². The lowest BCUT2D eigenvalue weighted by Crippen LogP contribution is -2.13. The molecule has 0 amide bonds. The van der Waals surface area contributed by atoms with Crippen LogP contribution in [0.4, 0.5) is 0 Å². The SMILES string of the molecule is Cc1ccc(C2c3cc(c(O)c(O)c3O)C(c3ccc(C)cc3)c3cc(c(O)c(O)c3O)C(c3ccc(C)cc3)c3cc(c(O)c(O)c3O)C(c3ccc(C)cc3)c3cc2c(O)c(O)c3O)cc1. The van der Waals surface area contributed by atoms with E-state index in [1.165, 1.54) is 24.3 Å². The zero-order valence-corrected chi connectivity index (χ0v) is 37.2. The lowest BCUT2D eigenvalue weighted by molar-refractivity contribution is 0.353. The molecule has 8 aromatic carbocycles. The van der Waals surface area contributed by atoms with Crippen molar-refractivity contribution in [2.24, 2.45) is 0 Å². The van der Waals surface area contributed by atoms with E-state index >= 15 is 0 Å². The number of rotatable bonds is 4. The summed E-state index contributed by atoms with van der Waals surface area (Å²) < 4.78 is 0. The molecule has 9 rings (SSSR count). The molecule has 0 radical (unpaired) electrons. The topological polar surface area (TPSA) is 243 Å². The first-order valence-corrected chi connectivity index (χ1v) is 21.7. The van der Waals surface area contributed by atoms with Gasteiger partial charge in [-0.1, -0.05) is 119 Å². The van der Waals surface area contributed by atoms with E-state index in [4.69, 9.17) is 0 Å². The molecule has 0 aliphatic heterocycles. The summed E-state index contributed by atoms with van der Waals surface area (Å²) in [5.41, 5.74) is 3.82. The molecule has 68 heavy (non-hydrogen) atoms. The highest BCUT2D eigenvalue weighted by atomic mass is 16.3. The smallest absolute Gasteiger partial charge is 0.200 e. The molecule has 0 aromatic heterocycles. The number of benzene rings is 8. The van der Waals surface area contributed by atoms with Crippen molar-refractivity contribution >= 4 is 0 Å². The summed E-state index contributed by atoms with van der Waals surface area (Å²) in [6.07, 6.45) is 0. The highest BCUT2D eigenvalue weighted by molar-refractivity contribution is 5.74. The van der Waals surface area contributed by atoms with Crippen molar-refractivity contribution in [2.45, 2.75) is 51.4 Å². The Balaban J connectivity index is 1.54. The fraction of sp³-hybridized carbons (Fsp3) is 0.143. The number of phenolic OH excluding ortho intramolecular Hbond substituents is 12. The van der Waals surface area contributed by atoms with Gasteiger partial charge in [0.25, 0.3) is 0 Å². The van der Waals surface area contributed by atoms with Crippen LogP contribution in [0, 0.1) is 27.7 Å². The first kappa shape index (κ1) is 44.6. The Morgan fingerprint density at radius 1 is 0.206 bits per heavy atom. The van der Waals surface area contributed by atoms with E-state index in [9.17, 15) is 61.3 Å². The molecule has 0 spiro atoms. The summed E-state index contributed by atoms with van der Waals surface area (Å²) in [4.78, 5) is 0. The minimum absolute atomic E-state index is 0.130. The normalized spacial score (nSPS) is 16.6. The first-order valence-electron chi connectivity index (χ1n) is 21.7. The fourth-order valence-corrected chi connectivity index (χ4v) is 9.66. The molecule has 8 bridgehead atoms. The maximum atomic E-state index is 12.0. The van der Waals surface area contributed by atoms with Gasteiger partial charge in [0.05, 0.1) is 0 Å². The molecule has 0 atom stereocenters. The summed E-state index contributed by atoms with van der Waals surface area (Å²) in [5.74, 6) is -15.9. The van der Waals surface area contributed by atoms with Crippen molar-refractivity contribution in [1.82, 2.24) is 0 Å². The van der Waals surface area contributed by atoms with Crippen LogP contribution in [0.25, 0.3) is 0 Å². The molecule has 0 heterocycles. The molecule has 1 aliphatic carbocycles. The molecule has 0 fully saturated rings. The third-order valence-electron chi connectivity index (χ3n) is 13.4. The Hall–Kier alpha value is -8.64. The molecule has 12 heteroatoms. The second-order valence-corrected chi connectivity index (χ2v) is 17.8. The third-order valence-corrected chi connectivity index (χ3v) is 13.4. The van der Waals surface area contributed by atoms with E-state index in [1.54, 1.807) is 97.1 Å². The summed E-state index contributed by atoms with van der Waals surface area (Å²) in [6.45, 7) is 7.37. The van der Waals surface area contributed by atoms with Gasteiger partial charge in [-0.05, 0) is 74.2 Å². The van der Waals surface area contributed by atoms with E-state index in [0.717, 1.165) is 22.3 Å². The van der Waals surface area contributed by atoms with Gasteiger partial charge in [0.1, 0.15) is 0 Å². The van der Waals surface area contributed by atoms with Crippen LogP contribution in [0.1, 0.15) is 113 Å². The van der Waals surface area contributed by atoms with Gasteiger partial charge in [0, 0.05) is 68.2 Å². The van der Waals surface area contributed by atoms with E-state index in [-0.39, 0.29) is 44.5 Å². The Bertz CT molecular complexity index is 2730. The van der Waals surface area contributed by atoms with Crippen molar-refractivity contribution in [1.29, 1.82) is 0 Å². The number of fused-ring (bicyclic) bond motifs is 8. The maximum Gasteiger partial charge on any atom is 0.200 e. The lowest BCUT2D eigenvalue weighted by atomic mass is 9.74. The average Bonchev–Trinajstić information content (AvgIpc) is 3.32. The van der Waals surface area contributed by atoms with Crippen molar-refractivity contribution in [3.05, 3.63) is 210 Å². The number of aryl methyl sites for hydroxylation is 4. The van der Waals surface area contributed by atoms with Gasteiger partial charge in [-0.15, -0.1) is 0 Å². The van der Waals surface area contributed by atoms with Gasteiger partial charge >= 0.3 is 0 Å². The van der Waals surface area contributed by atoms with Crippen LogP contribution in [0.2, 0.25) is 0 Å². The largest absolute Gasteiger partial charge is 0.504 e. The Morgan fingerprint density at radius 2 is 0.338 bits per heavy atom. The molecule has 0 saturated heterocycles. The van der Waals surface area contributed by atoms with Crippen molar-refractivity contribution in [3.63, 3.8) is 0 Å². The minimum atomic E-state index is -1.34. The van der Waals surface area contributed by atoms with Crippen LogP contribution in [0.5, 0.6) is 69.0 Å². The molecular formula is C56H48O12. The lowest BCUT2D eigenvalue weighted by Gasteiger charge is -2.30. The highest BCUT2D eigenvalue weighted by Crippen LogP contribution is 2.59. The zero-order valence-electron chi connectivity index (χ0n) is 37.2. The fourth-order valence-electron chi connectivity index (χ4n) is 9.66. The third kappa shape index (κ3) is 7.17. The van der Waals surface area contributed by atoms with Crippen LogP contribution in [0.15, 0.2) is 121 Å². The molecule has 8 aromatic rings. The average molecular weight is 913 g/mol. The summed E-state index contributed by atoms with van der Waals surface area (Å²) in [5, 5.41) is 144. The molecule has 12 nitrogen and oxygen atoms in total. The molecular weight excluding hydrogens is 865 g/mol. The molecule has 344 valence electrons. The summed E-state index contributed by atoms with van der Waals surface area (Å²) in [6, 6.07) is 33.1. The van der Waals surface area contributed by atoms with Crippen LogP contribution >= 0.6 is 0 Å². The highest BCUT2D eigenvalue weighted by Gasteiger charge is 2.39. The number of aromatic hydroxyl groups is 12. The zero-order chi connectivity index (χ0) is 48.6. The van der Waals surface area contributed by atoms with Crippen LogP contribution in [-0.2, 0) is 0 Å². The van der Waals surface area contributed by atoms with Crippen molar-refractivity contribution in [3.8, 4) is 69.0 Å². The summed E-state index contributed by atoms with van der Waals surface area (Å²) in [7, 11) is 0. The molecule has 0 unspecified atom stereocenters. The van der Waals surface area contributed by atoms with E-state index in [1.807, 2.05) is 27.7 Å². The molecule has 1 aliphatic rings. The van der Waals surface area contributed by atoms with E-state index in [0.29, 0.717) is 22.3 Å². The minimum Gasteiger partial charge on any atom is -0.504 e. The number of phenols is 12. The van der Waals surface area contributed by atoms with E-state index < -0.39 is 92.7 Å². The molecule has 12 N–H and O–H groups in total. The Kier molecular flexibility index (Phi) is 10.9. The van der Waals surface area contributed by atoms with Gasteiger partial charge in [-0.25, -0.2) is 0 Å². The van der Waals surface area contributed by atoms with Crippen LogP contribution < -0.4 is 0 Å². The van der Waals surface area contributed by atoms with Crippen LogP contribution in [0.3, 0.4) is 0 Å². The molecule has 0 saturated carbocycles. The number of hydrogen-bond acceptors (Lipinski definition) is 12. The monoisotopic (exact) mass is 912 g/mol. The maximum absolute atomic E-state index is 12.0. The van der Waals surface area contributed by atoms with Gasteiger partial charge in [-0.2, -0.15) is 0 Å². The predicted molar refractivity (Wildman–Crippen MR) is 254 cm³/mol. The van der Waals surface area contributed by atoms with Gasteiger partial charge in [0.15, 0.2) is 46.0 Å². The summed E-state index contributed by atoms with van der Waals surface area (Å²) >= 11 is 0. The predicted octanol–water partition coefficient (Wildman–Crippen LogP) is 10.4.